The third kappa shape index (κ3) is 2.40. The Kier molecular flexibility index (Phi) is 3.13. The van der Waals surface area contributed by atoms with E-state index < -0.39 is 17.6 Å². The number of benzene rings is 1. The summed E-state index contributed by atoms with van der Waals surface area (Å²) in [7, 11) is 0. The Balaban J connectivity index is 2.31. The van der Waals surface area contributed by atoms with Gasteiger partial charge in [-0.3, -0.25) is 4.98 Å². The van der Waals surface area contributed by atoms with E-state index in [1.54, 1.807) is 0 Å². The lowest BCUT2D eigenvalue weighted by Gasteiger charge is -2.06. The highest BCUT2D eigenvalue weighted by Gasteiger charge is 2.10. The molecular formula is C11H7F2N3O2. The van der Waals surface area contributed by atoms with Crippen molar-refractivity contribution in [3.8, 4) is 0 Å². The van der Waals surface area contributed by atoms with Gasteiger partial charge in [-0.05, 0) is 12.1 Å². The smallest absolute Gasteiger partial charge is 0.356 e. The highest BCUT2D eigenvalue weighted by atomic mass is 19.2. The number of nitrogens with one attached hydrogen (secondary N) is 1. The van der Waals surface area contributed by atoms with Crippen LogP contribution in [0.5, 0.6) is 0 Å². The van der Waals surface area contributed by atoms with Gasteiger partial charge in [0.05, 0.1) is 18.1 Å². The van der Waals surface area contributed by atoms with Crippen LogP contribution in [0.15, 0.2) is 30.6 Å². The molecule has 0 unspecified atom stereocenters. The summed E-state index contributed by atoms with van der Waals surface area (Å²) in [4.78, 5) is 18.0. The Morgan fingerprint density at radius 3 is 2.78 bits per heavy atom. The second kappa shape index (κ2) is 4.74. The number of carbonyl (C=O) groups is 1. The van der Waals surface area contributed by atoms with Gasteiger partial charge >= 0.3 is 5.97 Å². The van der Waals surface area contributed by atoms with Crippen molar-refractivity contribution in [3.05, 3.63) is 47.9 Å². The van der Waals surface area contributed by atoms with Gasteiger partial charge in [-0.15, -0.1) is 0 Å². The maximum atomic E-state index is 13.3. The first-order chi connectivity index (χ1) is 8.58. The maximum Gasteiger partial charge on any atom is 0.356 e. The number of nitrogens with zero attached hydrogens (tertiary/aromatic N) is 2. The second-order valence-corrected chi connectivity index (χ2v) is 3.32. The van der Waals surface area contributed by atoms with Crippen LogP contribution in [0.25, 0.3) is 0 Å². The van der Waals surface area contributed by atoms with E-state index in [2.05, 4.69) is 15.3 Å². The summed E-state index contributed by atoms with van der Waals surface area (Å²) in [5, 5.41) is 11.2. The molecule has 0 aliphatic heterocycles. The molecule has 2 aromatic rings. The quantitative estimate of drug-likeness (QED) is 0.874. The van der Waals surface area contributed by atoms with Crippen molar-refractivity contribution in [2.24, 2.45) is 0 Å². The molecule has 1 aromatic carbocycles. The number of halogens is 2. The topological polar surface area (TPSA) is 75.1 Å². The number of rotatable bonds is 3. The summed E-state index contributed by atoms with van der Waals surface area (Å²) >= 11 is 0. The standard InChI is InChI=1S/C11H7F2N3O2/c12-6-2-1-3-7(10(6)13)15-9-5-14-4-8(16-9)11(17)18/h1-5H,(H,15,16)(H,17,18). The minimum atomic E-state index is -1.26. The number of hydrogen-bond donors (Lipinski definition) is 2. The van der Waals surface area contributed by atoms with Gasteiger partial charge in [0.15, 0.2) is 17.3 Å². The minimum Gasteiger partial charge on any atom is -0.476 e. The van der Waals surface area contributed by atoms with E-state index in [0.717, 1.165) is 12.3 Å². The molecule has 0 bridgehead atoms. The number of carboxylic acids is 1. The van der Waals surface area contributed by atoms with Gasteiger partial charge in [0, 0.05) is 0 Å². The molecule has 5 nitrogen and oxygen atoms in total. The molecular weight excluding hydrogens is 244 g/mol. The molecule has 1 heterocycles. The summed E-state index contributed by atoms with van der Waals surface area (Å²) in [5.74, 6) is -3.33. The van der Waals surface area contributed by atoms with Crippen molar-refractivity contribution in [2.75, 3.05) is 5.32 Å². The average Bonchev–Trinajstić information content (AvgIpc) is 2.35. The van der Waals surface area contributed by atoms with Gasteiger partial charge in [0.2, 0.25) is 0 Å². The summed E-state index contributed by atoms with van der Waals surface area (Å²) in [6.45, 7) is 0. The number of carboxylic acid groups (broad SMARTS) is 1. The van der Waals surface area contributed by atoms with Gasteiger partial charge in [-0.1, -0.05) is 6.07 Å². The van der Waals surface area contributed by atoms with Gasteiger partial charge in [-0.25, -0.2) is 18.6 Å². The molecule has 7 heteroatoms. The van der Waals surface area contributed by atoms with Crippen LogP contribution in [0.2, 0.25) is 0 Å². The van der Waals surface area contributed by atoms with E-state index in [-0.39, 0.29) is 17.2 Å². The SMILES string of the molecule is O=C(O)c1cncc(Nc2cccc(F)c2F)n1. The minimum absolute atomic E-state index is 0.0133. The number of hydrogen-bond acceptors (Lipinski definition) is 4. The summed E-state index contributed by atoms with van der Waals surface area (Å²) in [5.41, 5.74) is -0.441. The molecule has 2 N–H and O–H groups in total. The molecule has 1 aromatic heterocycles. The fourth-order valence-electron chi connectivity index (χ4n) is 1.27. The van der Waals surface area contributed by atoms with E-state index in [9.17, 15) is 13.6 Å². The van der Waals surface area contributed by atoms with Crippen LogP contribution < -0.4 is 5.32 Å². The zero-order valence-electron chi connectivity index (χ0n) is 8.89. The Morgan fingerprint density at radius 2 is 2.06 bits per heavy atom. The van der Waals surface area contributed by atoms with E-state index in [1.165, 1.54) is 18.3 Å². The zero-order valence-corrected chi connectivity index (χ0v) is 8.89. The average molecular weight is 251 g/mol. The molecule has 2 rings (SSSR count). The van der Waals surface area contributed by atoms with E-state index >= 15 is 0 Å². The third-order valence-corrected chi connectivity index (χ3v) is 2.07. The zero-order chi connectivity index (χ0) is 13.1. The van der Waals surface area contributed by atoms with Crippen molar-refractivity contribution in [3.63, 3.8) is 0 Å². The molecule has 18 heavy (non-hydrogen) atoms. The highest BCUT2D eigenvalue weighted by molar-refractivity contribution is 5.85. The molecule has 0 saturated heterocycles. The van der Waals surface area contributed by atoms with Crippen LogP contribution in [0.4, 0.5) is 20.3 Å². The molecule has 0 saturated carbocycles. The molecule has 0 fully saturated rings. The van der Waals surface area contributed by atoms with Crippen molar-refractivity contribution in [1.82, 2.24) is 9.97 Å². The molecule has 0 spiro atoms. The summed E-state index contributed by atoms with van der Waals surface area (Å²) < 4.78 is 26.3. The lowest BCUT2D eigenvalue weighted by atomic mass is 10.3. The van der Waals surface area contributed by atoms with Gasteiger partial charge in [-0.2, -0.15) is 0 Å². The van der Waals surface area contributed by atoms with Crippen LogP contribution in [0.1, 0.15) is 10.5 Å². The lowest BCUT2D eigenvalue weighted by Crippen LogP contribution is -2.05. The monoisotopic (exact) mass is 251 g/mol. The maximum absolute atomic E-state index is 13.3. The second-order valence-electron chi connectivity index (χ2n) is 3.32. The molecule has 0 aliphatic carbocycles. The van der Waals surface area contributed by atoms with Crippen molar-refractivity contribution >= 4 is 17.5 Å². The largest absolute Gasteiger partial charge is 0.476 e. The molecule has 0 atom stereocenters. The number of aromatic nitrogens is 2. The first-order valence-corrected chi connectivity index (χ1v) is 4.84. The Labute approximate surface area is 100 Å². The van der Waals surface area contributed by atoms with Crippen LogP contribution in [-0.4, -0.2) is 21.0 Å². The summed E-state index contributed by atoms with van der Waals surface area (Å²) in [6.07, 6.45) is 2.26. The first kappa shape index (κ1) is 11.9. The van der Waals surface area contributed by atoms with E-state index in [4.69, 9.17) is 5.11 Å². The lowest BCUT2D eigenvalue weighted by molar-refractivity contribution is 0.0690. The third-order valence-electron chi connectivity index (χ3n) is 2.07. The van der Waals surface area contributed by atoms with E-state index in [1.807, 2.05) is 0 Å². The Bertz CT molecular complexity index is 605. The van der Waals surface area contributed by atoms with Crippen molar-refractivity contribution in [1.29, 1.82) is 0 Å². The molecule has 0 aliphatic rings. The van der Waals surface area contributed by atoms with Crippen LogP contribution >= 0.6 is 0 Å². The van der Waals surface area contributed by atoms with E-state index in [0.29, 0.717) is 0 Å². The van der Waals surface area contributed by atoms with Crippen LogP contribution in [-0.2, 0) is 0 Å². The predicted molar refractivity (Wildman–Crippen MR) is 58.6 cm³/mol. The van der Waals surface area contributed by atoms with Gasteiger partial charge in [0.1, 0.15) is 5.82 Å². The van der Waals surface area contributed by atoms with Crippen molar-refractivity contribution < 1.29 is 18.7 Å². The fourth-order valence-corrected chi connectivity index (χ4v) is 1.27. The fraction of sp³-hybridized carbons (Fsp3) is 0. The molecule has 0 amide bonds. The van der Waals surface area contributed by atoms with Gasteiger partial charge < -0.3 is 10.4 Å². The number of aromatic carboxylic acids is 1. The normalized spacial score (nSPS) is 10.1. The van der Waals surface area contributed by atoms with Crippen LogP contribution in [0, 0.1) is 11.6 Å². The van der Waals surface area contributed by atoms with Crippen molar-refractivity contribution in [2.45, 2.75) is 0 Å². The molecule has 92 valence electrons. The van der Waals surface area contributed by atoms with Crippen LogP contribution in [0.3, 0.4) is 0 Å². The summed E-state index contributed by atoms with van der Waals surface area (Å²) in [6, 6.07) is 3.59. The van der Waals surface area contributed by atoms with Gasteiger partial charge in [0.25, 0.3) is 0 Å². The Morgan fingerprint density at radius 1 is 1.28 bits per heavy atom. The molecule has 0 radical (unpaired) electrons. The number of anilines is 2. The predicted octanol–water partition coefficient (Wildman–Crippen LogP) is 2.20. The Hall–Kier alpha value is -2.57. The first-order valence-electron chi connectivity index (χ1n) is 4.84. The highest BCUT2D eigenvalue weighted by Crippen LogP contribution is 2.20.